The van der Waals surface area contributed by atoms with E-state index in [0.717, 1.165) is 5.56 Å². The quantitative estimate of drug-likeness (QED) is 0.711. The molecule has 0 saturated carbocycles. The summed E-state index contributed by atoms with van der Waals surface area (Å²) >= 11 is 0. The second-order valence-electron chi connectivity index (χ2n) is 3.46. The van der Waals surface area contributed by atoms with E-state index < -0.39 is 5.97 Å². The van der Waals surface area contributed by atoms with Crippen LogP contribution in [-0.4, -0.2) is 22.9 Å². The highest BCUT2D eigenvalue weighted by atomic mass is 16.4. The van der Waals surface area contributed by atoms with Crippen LogP contribution in [0.1, 0.15) is 29.3 Å². The van der Waals surface area contributed by atoms with E-state index >= 15 is 0 Å². The van der Waals surface area contributed by atoms with Crippen molar-refractivity contribution in [2.45, 2.75) is 19.8 Å². The molecule has 0 fully saturated rings. The lowest BCUT2D eigenvalue weighted by atomic mass is 10.0. The molecule has 0 aromatic heterocycles. The Kier molecular flexibility index (Phi) is 4.39. The third-order valence-electron chi connectivity index (χ3n) is 2.17. The van der Waals surface area contributed by atoms with E-state index in [0.29, 0.717) is 12.0 Å². The first-order chi connectivity index (χ1) is 8.04. The van der Waals surface area contributed by atoms with Gasteiger partial charge in [-0.05, 0) is 11.6 Å². The normalized spacial score (nSPS) is 13.0. The highest BCUT2D eigenvalue weighted by molar-refractivity contribution is 6.09. The minimum absolute atomic E-state index is 0.222. The van der Waals surface area contributed by atoms with Crippen LogP contribution in [-0.2, 0) is 16.0 Å². The molecule has 1 aromatic carbocycles. The maximum atomic E-state index is 11.2. The molecule has 0 atom stereocenters. The molecule has 0 spiro atoms. The summed E-state index contributed by atoms with van der Waals surface area (Å²) in [4.78, 5) is 31.4. The largest absolute Gasteiger partial charge is 0.481 e. The monoisotopic (exact) mass is 235 g/mol. The van der Waals surface area contributed by atoms with Gasteiger partial charge in [-0.15, -0.1) is 0 Å². The standard InChI is InChI=1S/C9H7NO2.C3H6O2/c11-8-5-6-3-1-2-4-7(6)9(12)10-8;1-2-3(4)5/h1-4H,5H2,(H,10,11,12);2H2,1H3,(H,4,5). The molecule has 5 heteroatoms. The van der Waals surface area contributed by atoms with Crippen LogP contribution in [0, 0.1) is 0 Å². The zero-order valence-corrected chi connectivity index (χ0v) is 9.40. The van der Waals surface area contributed by atoms with Gasteiger partial charge in [-0.2, -0.15) is 0 Å². The summed E-state index contributed by atoms with van der Waals surface area (Å²) in [5.41, 5.74) is 1.42. The molecule has 5 nitrogen and oxygen atoms in total. The van der Waals surface area contributed by atoms with E-state index in [-0.39, 0.29) is 18.2 Å². The Labute approximate surface area is 98.4 Å². The Morgan fingerprint density at radius 2 is 1.94 bits per heavy atom. The summed E-state index contributed by atoms with van der Waals surface area (Å²) in [6.07, 6.45) is 0.530. The molecular weight excluding hydrogens is 222 g/mol. The maximum absolute atomic E-state index is 11.2. The molecule has 2 rings (SSSR count). The van der Waals surface area contributed by atoms with Crippen LogP contribution in [0.25, 0.3) is 0 Å². The highest BCUT2D eigenvalue weighted by Crippen LogP contribution is 2.12. The van der Waals surface area contributed by atoms with Gasteiger partial charge in [0, 0.05) is 12.0 Å². The van der Waals surface area contributed by atoms with Gasteiger partial charge in [-0.3, -0.25) is 19.7 Å². The van der Waals surface area contributed by atoms with Gasteiger partial charge in [0.05, 0.1) is 6.42 Å². The van der Waals surface area contributed by atoms with Crippen molar-refractivity contribution >= 4 is 17.8 Å². The Morgan fingerprint density at radius 3 is 2.53 bits per heavy atom. The van der Waals surface area contributed by atoms with Crippen LogP contribution in [0.2, 0.25) is 0 Å². The fourth-order valence-corrected chi connectivity index (χ4v) is 1.31. The number of benzene rings is 1. The number of carbonyl (C=O) groups is 3. The Morgan fingerprint density at radius 1 is 1.35 bits per heavy atom. The fraction of sp³-hybridized carbons (Fsp3) is 0.250. The topological polar surface area (TPSA) is 83.5 Å². The predicted molar refractivity (Wildman–Crippen MR) is 60.5 cm³/mol. The molecule has 1 heterocycles. The molecule has 2 amide bonds. The summed E-state index contributed by atoms with van der Waals surface area (Å²) in [5.74, 6) is -1.26. The van der Waals surface area contributed by atoms with Gasteiger partial charge in [0.25, 0.3) is 5.91 Å². The number of hydrogen-bond donors (Lipinski definition) is 2. The molecule has 0 saturated heterocycles. The minimum atomic E-state index is -0.745. The van der Waals surface area contributed by atoms with Crippen molar-refractivity contribution in [1.82, 2.24) is 5.32 Å². The van der Waals surface area contributed by atoms with E-state index in [4.69, 9.17) is 5.11 Å². The van der Waals surface area contributed by atoms with Crippen molar-refractivity contribution in [3.8, 4) is 0 Å². The molecule has 1 aliphatic heterocycles. The SMILES string of the molecule is CCC(=O)O.O=C1Cc2ccccc2C(=O)N1. The fourth-order valence-electron chi connectivity index (χ4n) is 1.31. The van der Waals surface area contributed by atoms with Gasteiger partial charge in [0.1, 0.15) is 0 Å². The van der Waals surface area contributed by atoms with Crippen molar-refractivity contribution in [3.63, 3.8) is 0 Å². The number of aliphatic carboxylic acids is 1. The van der Waals surface area contributed by atoms with Crippen LogP contribution in [0.5, 0.6) is 0 Å². The number of hydrogen-bond acceptors (Lipinski definition) is 3. The molecule has 0 bridgehead atoms. The molecule has 2 N–H and O–H groups in total. The zero-order valence-electron chi connectivity index (χ0n) is 9.40. The summed E-state index contributed by atoms with van der Waals surface area (Å²) in [7, 11) is 0. The van der Waals surface area contributed by atoms with Gasteiger partial charge >= 0.3 is 5.97 Å². The first-order valence-electron chi connectivity index (χ1n) is 5.18. The van der Waals surface area contributed by atoms with Crippen molar-refractivity contribution < 1.29 is 19.5 Å². The Bertz CT molecular complexity index is 454. The van der Waals surface area contributed by atoms with Crippen LogP contribution in [0.3, 0.4) is 0 Å². The smallest absolute Gasteiger partial charge is 0.303 e. The second-order valence-corrected chi connectivity index (χ2v) is 3.46. The lowest BCUT2D eigenvalue weighted by Gasteiger charge is -2.13. The van der Waals surface area contributed by atoms with E-state index in [1.165, 1.54) is 0 Å². The summed E-state index contributed by atoms with van der Waals surface area (Å²) < 4.78 is 0. The van der Waals surface area contributed by atoms with Crippen molar-refractivity contribution in [3.05, 3.63) is 35.4 Å². The molecule has 0 aliphatic carbocycles. The molecule has 1 aromatic rings. The Hall–Kier alpha value is -2.17. The van der Waals surface area contributed by atoms with Gasteiger partial charge in [0.15, 0.2) is 0 Å². The van der Waals surface area contributed by atoms with Crippen molar-refractivity contribution in [2.75, 3.05) is 0 Å². The molecule has 0 radical (unpaired) electrons. The van der Waals surface area contributed by atoms with Crippen LogP contribution >= 0.6 is 0 Å². The molecule has 90 valence electrons. The van der Waals surface area contributed by atoms with E-state index in [1.807, 2.05) is 6.07 Å². The molecule has 0 unspecified atom stereocenters. The van der Waals surface area contributed by atoms with Gasteiger partial charge in [0.2, 0.25) is 5.91 Å². The minimum Gasteiger partial charge on any atom is -0.481 e. The molecule has 1 aliphatic rings. The Balaban J connectivity index is 0.000000249. The van der Waals surface area contributed by atoms with E-state index in [9.17, 15) is 14.4 Å². The lowest BCUT2D eigenvalue weighted by Crippen LogP contribution is -2.37. The predicted octanol–water partition coefficient (Wildman–Crippen LogP) is 0.980. The lowest BCUT2D eigenvalue weighted by molar-refractivity contribution is -0.136. The number of nitrogens with one attached hydrogen (secondary N) is 1. The summed E-state index contributed by atoms with van der Waals surface area (Å²) in [5, 5.41) is 9.98. The van der Waals surface area contributed by atoms with Gasteiger partial charge in [-0.1, -0.05) is 25.1 Å². The van der Waals surface area contributed by atoms with Crippen molar-refractivity contribution in [1.29, 1.82) is 0 Å². The maximum Gasteiger partial charge on any atom is 0.303 e. The third kappa shape index (κ3) is 3.71. The average Bonchev–Trinajstić information content (AvgIpc) is 2.29. The van der Waals surface area contributed by atoms with Gasteiger partial charge in [-0.25, -0.2) is 0 Å². The molecular formula is C12H13NO4. The van der Waals surface area contributed by atoms with Crippen LogP contribution in [0.15, 0.2) is 24.3 Å². The number of carboxylic acids is 1. The molecule has 17 heavy (non-hydrogen) atoms. The highest BCUT2D eigenvalue weighted by Gasteiger charge is 2.20. The zero-order chi connectivity index (χ0) is 12.8. The first-order valence-corrected chi connectivity index (χ1v) is 5.18. The number of rotatable bonds is 1. The number of carboxylic acid groups (broad SMARTS) is 1. The van der Waals surface area contributed by atoms with Gasteiger partial charge < -0.3 is 5.11 Å². The van der Waals surface area contributed by atoms with Crippen LogP contribution in [0.4, 0.5) is 0 Å². The van der Waals surface area contributed by atoms with E-state index in [1.54, 1.807) is 25.1 Å². The van der Waals surface area contributed by atoms with Crippen LogP contribution < -0.4 is 5.32 Å². The first kappa shape index (κ1) is 12.9. The number of carbonyl (C=O) groups excluding carboxylic acids is 2. The van der Waals surface area contributed by atoms with E-state index in [2.05, 4.69) is 5.32 Å². The average molecular weight is 235 g/mol. The van der Waals surface area contributed by atoms with Crippen molar-refractivity contribution in [2.24, 2.45) is 0 Å². The summed E-state index contributed by atoms with van der Waals surface area (Å²) in [6, 6.07) is 7.13. The second kappa shape index (κ2) is 5.79. The number of fused-ring (bicyclic) bond motifs is 1. The summed E-state index contributed by atoms with van der Waals surface area (Å²) in [6.45, 7) is 1.60. The third-order valence-corrected chi connectivity index (χ3v) is 2.17. The number of imide groups is 1. The number of amides is 2.